The minimum atomic E-state index is 0.529. The molecule has 1 saturated heterocycles. The molecule has 2 rings (SSSR count). The minimum absolute atomic E-state index is 0.529. The molecule has 1 aromatic rings. The van der Waals surface area contributed by atoms with Gasteiger partial charge >= 0.3 is 0 Å². The van der Waals surface area contributed by atoms with Crippen molar-refractivity contribution in [1.82, 2.24) is 4.90 Å². The summed E-state index contributed by atoms with van der Waals surface area (Å²) >= 11 is 0. The van der Waals surface area contributed by atoms with Crippen molar-refractivity contribution in [3.63, 3.8) is 0 Å². The second-order valence-corrected chi connectivity index (χ2v) is 5.05. The van der Waals surface area contributed by atoms with Crippen molar-refractivity contribution in [2.75, 3.05) is 19.6 Å². The molecule has 0 spiro atoms. The Hall–Kier alpha value is -0.860. The zero-order valence-electron chi connectivity index (χ0n) is 10.9. The lowest BCUT2D eigenvalue weighted by Gasteiger charge is -2.35. The largest absolute Gasteiger partial charge is 0.330 e. The van der Waals surface area contributed by atoms with Crippen LogP contribution in [-0.4, -0.2) is 24.5 Å². The van der Waals surface area contributed by atoms with Gasteiger partial charge in [0, 0.05) is 6.04 Å². The molecule has 1 fully saturated rings. The van der Waals surface area contributed by atoms with Gasteiger partial charge in [0.2, 0.25) is 0 Å². The number of likely N-dealkylation sites (tertiary alicyclic amines) is 1. The Balaban J connectivity index is 2.18. The summed E-state index contributed by atoms with van der Waals surface area (Å²) in [7, 11) is 0. The van der Waals surface area contributed by atoms with Gasteiger partial charge in [0.1, 0.15) is 0 Å². The Morgan fingerprint density at radius 3 is 2.53 bits per heavy atom. The van der Waals surface area contributed by atoms with Gasteiger partial charge in [0.05, 0.1) is 0 Å². The van der Waals surface area contributed by atoms with Crippen LogP contribution in [-0.2, 0) is 0 Å². The van der Waals surface area contributed by atoms with E-state index in [2.05, 4.69) is 36.1 Å². The molecule has 1 unspecified atom stereocenters. The van der Waals surface area contributed by atoms with Gasteiger partial charge in [-0.25, -0.2) is 0 Å². The second kappa shape index (κ2) is 6.18. The molecule has 2 N–H and O–H groups in total. The second-order valence-electron chi connectivity index (χ2n) is 5.05. The van der Waals surface area contributed by atoms with Crippen molar-refractivity contribution in [2.24, 2.45) is 5.73 Å². The van der Waals surface area contributed by atoms with Crippen molar-refractivity contribution in [2.45, 2.75) is 38.6 Å². The Labute approximate surface area is 105 Å². The monoisotopic (exact) mass is 232 g/mol. The number of aryl methyl sites for hydroxylation is 1. The maximum Gasteiger partial charge on any atom is 0.0362 e. The summed E-state index contributed by atoms with van der Waals surface area (Å²) in [5, 5.41) is 0. The summed E-state index contributed by atoms with van der Waals surface area (Å²) in [6.45, 7) is 5.45. The average Bonchev–Trinajstić information content (AvgIpc) is 2.38. The summed E-state index contributed by atoms with van der Waals surface area (Å²) in [5.74, 6) is 0. The predicted molar refractivity (Wildman–Crippen MR) is 73.0 cm³/mol. The smallest absolute Gasteiger partial charge is 0.0362 e. The highest BCUT2D eigenvalue weighted by Crippen LogP contribution is 2.29. The Morgan fingerprint density at radius 1 is 1.18 bits per heavy atom. The van der Waals surface area contributed by atoms with Crippen LogP contribution >= 0.6 is 0 Å². The van der Waals surface area contributed by atoms with E-state index in [1.165, 1.54) is 43.5 Å². The van der Waals surface area contributed by atoms with E-state index in [1.54, 1.807) is 0 Å². The summed E-state index contributed by atoms with van der Waals surface area (Å²) in [6, 6.07) is 9.28. The van der Waals surface area contributed by atoms with Crippen LogP contribution in [0.2, 0.25) is 0 Å². The van der Waals surface area contributed by atoms with Gasteiger partial charge < -0.3 is 5.73 Å². The van der Waals surface area contributed by atoms with Crippen LogP contribution in [0.25, 0.3) is 0 Å². The molecule has 0 aliphatic carbocycles. The minimum Gasteiger partial charge on any atom is -0.330 e. The van der Waals surface area contributed by atoms with Gasteiger partial charge in [0.25, 0.3) is 0 Å². The molecule has 2 heteroatoms. The first-order valence-electron chi connectivity index (χ1n) is 6.82. The third kappa shape index (κ3) is 3.08. The molecular weight excluding hydrogens is 208 g/mol. The number of rotatable bonds is 4. The van der Waals surface area contributed by atoms with Gasteiger partial charge in [-0.2, -0.15) is 0 Å². The zero-order chi connectivity index (χ0) is 12.1. The number of piperidine rings is 1. The van der Waals surface area contributed by atoms with E-state index in [4.69, 9.17) is 5.73 Å². The molecule has 0 radical (unpaired) electrons. The molecule has 1 heterocycles. The molecule has 0 saturated carbocycles. The van der Waals surface area contributed by atoms with Crippen LogP contribution in [0.4, 0.5) is 0 Å². The molecule has 17 heavy (non-hydrogen) atoms. The zero-order valence-corrected chi connectivity index (χ0v) is 10.9. The van der Waals surface area contributed by atoms with Crippen molar-refractivity contribution >= 4 is 0 Å². The number of hydrogen-bond donors (Lipinski definition) is 1. The molecule has 2 nitrogen and oxygen atoms in total. The normalized spacial score (nSPS) is 19.2. The molecule has 1 aliphatic heterocycles. The summed E-state index contributed by atoms with van der Waals surface area (Å²) in [4.78, 5) is 2.62. The fraction of sp³-hybridized carbons (Fsp3) is 0.600. The molecule has 0 aromatic heterocycles. The standard InChI is InChI=1S/C15H24N2/c1-13-7-3-4-8-14(13)15(9-10-16)17-11-5-2-6-12-17/h3-4,7-8,15H,2,5-6,9-12,16H2,1H3. The molecule has 1 atom stereocenters. The van der Waals surface area contributed by atoms with E-state index >= 15 is 0 Å². The molecular formula is C15H24N2. The molecule has 0 amide bonds. The van der Waals surface area contributed by atoms with Gasteiger partial charge in [-0.3, -0.25) is 4.90 Å². The van der Waals surface area contributed by atoms with E-state index in [9.17, 15) is 0 Å². The summed E-state index contributed by atoms with van der Waals surface area (Å²) in [6.07, 6.45) is 5.14. The quantitative estimate of drug-likeness (QED) is 0.865. The van der Waals surface area contributed by atoms with Crippen LogP contribution in [0.5, 0.6) is 0 Å². The van der Waals surface area contributed by atoms with Crippen molar-refractivity contribution in [3.8, 4) is 0 Å². The van der Waals surface area contributed by atoms with Crippen LogP contribution in [0, 0.1) is 6.92 Å². The van der Waals surface area contributed by atoms with E-state index in [0.717, 1.165) is 13.0 Å². The fourth-order valence-corrected chi connectivity index (χ4v) is 2.88. The maximum absolute atomic E-state index is 5.80. The van der Waals surface area contributed by atoms with Crippen LogP contribution in [0.15, 0.2) is 24.3 Å². The van der Waals surface area contributed by atoms with E-state index in [-0.39, 0.29) is 0 Å². The number of hydrogen-bond acceptors (Lipinski definition) is 2. The Kier molecular flexibility index (Phi) is 4.57. The lowest BCUT2D eigenvalue weighted by Crippen LogP contribution is -2.35. The maximum atomic E-state index is 5.80. The molecule has 1 aliphatic rings. The lowest BCUT2D eigenvalue weighted by atomic mass is 9.95. The highest BCUT2D eigenvalue weighted by Gasteiger charge is 2.22. The van der Waals surface area contributed by atoms with E-state index < -0.39 is 0 Å². The van der Waals surface area contributed by atoms with Crippen LogP contribution < -0.4 is 5.73 Å². The molecule has 1 aromatic carbocycles. The van der Waals surface area contributed by atoms with Gasteiger partial charge in [-0.15, -0.1) is 0 Å². The van der Waals surface area contributed by atoms with E-state index in [1.807, 2.05) is 0 Å². The highest BCUT2D eigenvalue weighted by molar-refractivity contribution is 5.29. The number of benzene rings is 1. The summed E-state index contributed by atoms with van der Waals surface area (Å²) < 4.78 is 0. The topological polar surface area (TPSA) is 29.3 Å². The third-order valence-corrected chi connectivity index (χ3v) is 3.82. The fourth-order valence-electron chi connectivity index (χ4n) is 2.88. The van der Waals surface area contributed by atoms with Crippen molar-refractivity contribution in [1.29, 1.82) is 0 Å². The molecule has 0 bridgehead atoms. The van der Waals surface area contributed by atoms with E-state index in [0.29, 0.717) is 6.04 Å². The van der Waals surface area contributed by atoms with Crippen LogP contribution in [0.1, 0.15) is 42.9 Å². The number of nitrogens with two attached hydrogens (primary N) is 1. The SMILES string of the molecule is Cc1ccccc1C(CCN)N1CCCCC1. The Morgan fingerprint density at radius 2 is 1.88 bits per heavy atom. The van der Waals surface area contributed by atoms with Gasteiger partial charge in [-0.1, -0.05) is 30.7 Å². The highest BCUT2D eigenvalue weighted by atomic mass is 15.2. The van der Waals surface area contributed by atoms with Crippen LogP contribution in [0.3, 0.4) is 0 Å². The third-order valence-electron chi connectivity index (χ3n) is 3.82. The molecule has 94 valence electrons. The first-order valence-corrected chi connectivity index (χ1v) is 6.82. The predicted octanol–water partition coefficient (Wildman–Crippen LogP) is 2.87. The average molecular weight is 232 g/mol. The Bertz CT molecular complexity index is 343. The van der Waals surface area contributed by atoms with Gasteiger partial charge in [0.15, 0.2) is 0 Å². The van der Waals surface area contributed by atoms with Gasteiger partial charge in [-0.05, 0) is 56.9 Å². The lowest BCUT2D eigenvalue weighted by molar-refractivity contribution is 0.157. The first kappa shape index (κ1) is 12.6. The van der Waals surface area contributed by atoms with Crippen molar-refractivity contribution < 1.29 is 0 Å². The first-order chi connectivity index (χ1) is 8.33. The number of nitrogens with zero attached hydrogens (tertiary/aromatic N) is 1. The van der Waals surface area contributed by atoms with Crippen molar-refractivity contribution in [3.05, 3.63) is 35.4 Å². The summed E-state index contributed by atoms with van der Waals surface area (Å²) in [5.41, 5.74) is 8.67.